The van der Waals surface area contributed by atoms with Crippen LogP contribution in [0.15, 0.2) is 18.2 Å². The van der Waals surface area contributed by atoms with Crippen LogP contribution >= 0.6 is 0 Å². The Morgan fingerprint density at radius 2 is 2.11 bits per heavy atom. The summed E-state index contributed by atoms with van der Waals surface area (Å²) in [5, 5.41) is 11.1. The standard InChI is InChI=1S/C14H18N4O/c1-10-7-8-13-12(9-10)16-17-18(13)14(19)15-11-5-3-2-4-6-11/h7-9,11H,2-6H2,1H3,(H,15,19). The SMILES string of the molecule is Cc1ccc2c(c1)nnn2C(=O)NC1CCCCC1. The topological polar surface area (TPSA) is 59.8 Å². The monoisotopic (exact) mass is 258 g/mol. The predicted molar refractivity (Wildman–Crippen MR) is 73.1 cm³/mol. The second-order valence-electron chi connectivity index (χ2n) is 5.28. The summed E-state index contributed by atoms with van der Waals surface area (Å²) in [5.41, 5.74) is 2.64. The smallest absolute Gasteiger partial charge is 0.333 e. The Kier molecular flexibility index (Phi) is 3.19. The first-order valence-corrected chi connectivity index (χ1v) is 6.87. The van der Waals surface area contributed by atoms with Gasteiger partial charge in [0.05, 0.1) is 5.52 Å². The first-order chi connectivity index (χ1) is 9.24. The number of aryl methyl sites for hydroxylation is 1. The van der Waals surface area contributed by atoms with Gasteiger partial charge in [0.1, 0.15) is 5.52 Å². The summed E-state index contributed by atoms with van der Waals surface area (Å²) < 4.78 is 1.36. The zero-order valence-corrected chi connectivity index (χ0v) is 11.1. The van der Waals surface area contributed by atoms with Crippen molar-refractivity contribution in [3.8, 4) is 0 Å². The van der Waals surface area contributed by atoms with Gasteiger partial charge in [-0.25, -0.2) is 4.79 Å². The van der Waals surface area contributed by atoms with E-state index >= 15 is 0 Å². The van der Waals surface area contributed by atoms with Crippen molar-refractivity contribution >= 4 is 17.1 Å². The molecule has 1 aliphatic carbocycles. The molecular weight excluding hydrogens is 240 g/mol. The van der Waals surface area contributed by atoms with Gasteiger partial charge in [-0.15, -0.1) is 5.10 Å². The van der Waals surface area contributed by atoms with E-state index in [9.17, 15) is 4.79 Å². The summed E-state index contributed by atoms with van der Waals surface area (Å²) in [6.07, 6.45) is 5.80. The third-order valence-corrected chi connectivity index (χ3v) is 3.73. The van der Waals surface area contributed by atoms with Gasteiger partial charge < -0.3 is 5.32 Å². The Bertz CT molecular complexity index is 599. The van der Waals surface area contributed by atoms with Crippen LogP contribution in [0.1, 0.15) is 37.7 Å². The maximum atomic E-state index is 12.2. The molecule has 0 unspecified atom stereocenters. The molecule has 0 radical (unpaired) electrons. The summed E-state index contributed by atoms with van der Waals surface area (Å²) in [5.74, 6) is 0. The normalized spacial score (nSPS) is 16.7. The zero-order valence-electron chi connectivity index (χ0n) is 11.1. The molecule has 1 amide bonds. The molecule has 1 fully saturated rings. The van der Waals surface area contributed by atoms with E-state index in [0.717, 1.165) is 29.4 Å². The van der Waals surface area contributed by atoms with Crippen molar-refractivity contribution in [3.63, 3.8) is 0 Å². The number of nitrogens with zero attached hydrogens (tertiary/aromatic N) is 3. The lowest BCUT2D eigenvalue weighted by Crippen LogP contribution is -2.39. The van der Waals surface area contributed by atoms with Gasteiger partial charge in [-0.1, -0.05) is 30.5 Å². The quantitative estimate of drug-likeness (QED) is 0.855. The average molecular weight is 258 g/mol. The summed E-state index contributed by atoms with van der Waals surface area (Å²) in [6.45, 7) is 2.00. The first kappa shape index (κ1) is 12.1. The van der Waals surface area contributed by atoms with E-state index in [1.165, 1.54) is 23.9 Å². The van der Waals surface area contributed by atoms with Gasteiger partial charge in [0.15, 0.2) is 0 Å². The third-order valence-electron chi connectivity index (χ3n) is 3.73. The van der Waals surface area contributed by atoms with Crippen LogP contribution < -0.4 is 5.32 Å². The van der Waals surface area contributed by atoms with Crippen molar-refractivity contribution in [3.05, 3.63) is 23.8 Å². The van der Waals surface area contributed by atoms with E-state index in [2.05, 4.69) is 15.6 Å². The molecule has 0 aliphatic heterocycles. The van der Waals surface area contributed by atoms with E-state index in [-0.39, 0.29) is 12.1 Å². The number of benzene rings is 1. The molecule has 1 heterocycles. The average Bonchev–Trinajstić information content (AvgIpc) is 2.82. The van der Waals surface area contributed by atoms with Crippen molar-refractivity contribution in [1.29, 1.82) is 0 Å². The van der Waals surface area contributed by atoms with E-state index in [0.29, 0.717) is 0 Å². The highest BCUT2D eigenvalue weighted by Crippen LogP contribution is 2.18. The van der Waals surface area contributed by atoms with Crippen LogP contribution in [0.4, 0.5) is 4.79 Å². The van der Waals surface area contributed by atoms with E-state index in [4.69, 9.17) is 0 Å². The van der Waals surface area contributed by atoms with Gasteiger partial charge in [0.25, 0.3) is 0 Å². The van der Waals surface area contributed by atoms with Crippen LogP contribution in [-0.4, -0.2) is 27.1 Å². The van der Waals surface area contributed by atoms with Crippen LogP contribution in [0.5, 0.6) is 0 Å². The van der Waals surface area contributed by atoms with Crippen LogP contribution in [0.2, 0.25) is 0 Å². The maximum Gasteiger partial charge on any atom is 0.344 e. The molecule has 3 rings (SSSR count). The van der Waals surface area contributed by atoms with E-state index < -0.39 is 0 Å². The van der Waals surface area contributed by atoms with Crippen LogP contribution in [0.3, 0.4) is 0 Å². The minimum atomic E-state index is -0.168. The summed E-state index contributed by atoms with van der Waals surface area (Å²) in [4.78, 5) is 12.2. The number of fused-ring (bicyclic) bond motifs is 1. The molecule has 0 saturated heterocycles. The molecule has 100 valence electrons. The fourth-order valence-corrected chi connectivity index (χ4v) is 2.67. The minimum absolute atomic E-state index is 0.168. The number of aromatic nitrogens is 3. The Hall–Kier alpha value is -1.91. The summed E-state index contributed by atoms with van der Waals surface area (Å²) in [7, 11) is 0. The molecule has 5 nitrogen and oxygen atoms in total. The highest BCUT2D eigenvalue weighted by atomic mass is 16.2. The molecular formula is C14H18N4O. The molecule has 1 aromatic heterocycles. The molecule has 1 aromatic carbocycles. The summed E-state index contributed by atoms with van der Waals surface area (Å²) in [6, 6.07) is 5.91. The van der Waals surface area contributed by atoms with Gasteiger partial charge in [-0.3, -0.25) is 0 Å². The molecule has 0 spiro atoms. The molecule has 2 aromatic rings. The van der Waals surface area contributed by atoms with E-state index in [1.807, 2.05) is 25.1 Å². The van der Waals surface area contributed by atoms with Gasteiger partial charge in [-0.2, -0.15) is 4.68 Å². The lowest BCUT2D eigenvalue weighted by atomic mass is 9.96. The van der Waals surface area contributed by atoms with Gasteiger partial charge >= 0.3 is 6.03 Å². The first-order valence-electron chi connectivity index (χ1n) is 6.87. The Labute approximate surface area is 112 Å². The predicted octanol–water partition coefficient (Wildman–Crippen LogP) is 2.63. The molecule has 19 heavy (non-hydrogen) atoms. The molecule has 1 saturated carbocycles. The second-order valence-corrected chi connectivity index (χ2v) is 5.28. The van der Waals surface area contributed by atoms with Crippen molar-refractivity contribution in [2.24, 2.45) is 0 Å². The van der Waals surface area contributed by atoms with Gasteiger partial charge in [0.2, 0.25) is 0 Å². The van der Waals surface area contributed by atoms with Crippen LogP contribution in [0.25, 0.3) is 11.0 Å². The van der Waals surface area contributed by atoms with Gasteiger partial charge in [0, 0.05) is 6.04 Å². The lowest BCUT2D eigenvalue weighted by Gasteiger charge is -2.22. The number of rotatable bonds is 1. The van der Waals surface area contributed by atoms with Crippen molar-refractivity contribution in [2.45, 2.75) is 45.1 Å². The van der Waals surface area contributed by atoms with Crippen LogP contribution in [0, 0.1) is 6.92 Å². The molecule has 0 atom stereocenters. The van der Waals surface area contributed by atoms with Crippen molar-refractivity contribution < 1.29 is 4.79 Å². The molecule has 5 heteroatoms. The van der Waals surface area contributed by atoms with Gasteiger partial charge in [-0.05, 0) is 37.5 Å². The number of hydrogen-bond donors (Lipinski definition) is 1. The van der Waals surface area contributed by atoms with Crippen LogP contribution in [-0.2, 0) is 0 Å². The molecule has 1 aliphatic rings. The highest BCUT2D eigenvalue weighted by Gasteiger charge is 2.18. The van der Waals surface area contributed by atoms with E-state index in [1.54, 1.807) is 0 Å². The minimum Gasteiger partial charge on any atom is -0.333 e. The molecule has 1 N–H and O–H groups in total. The Balaban J connectivity index is 1.81. The summed E-state index contributed by atoms with van der Waals surface area (Å²) >= 11 is 0. The Morgan fingerprint density at radius 3 is 2.89 bits per heavy atom. The Morgan fingerprint density at radius 1 is 1.32 bits per heavy atom. The third kappa shape index (κ3) is 2.45. The highest BCUT2D eigenvalue weighted by molar-refractivity contribution is 5.88. The number of carbonyl (C=O) groups is 1. The van der Waals surface area contributed by atoms with Crippen molar-refractivity contribution in [1.82, 2.24) is 20.3 Å². The lowest BCUT2D eigenvalue weighted by molar-refractivity contribution is 0.231. The number of amides is 1. The largest absolute Gasteiger partial charge is 0.344 e. The molecule has 0 bridgehead atoms. The van der Waals surface area contributed by atoms with Crippen molar-refractivity contribution in [2.75, 3.05) is 0 Å². The zero-order chi connectivity index (χ0) is 13.2. The fourth-order valence-electron chi connectivity index (χ4n) is 2.67. The maximum absolute atomic E-state index is 12.2. The number of nitrogens with one attached hydrogen (secondary N) is 1. The fraction of sp³-hybridized carbons (Fsp3) is 0.500. The second kappa shape index (κ2) is 4.99. The number of carbonyl (C=O) groups excluding carboxylic acids is 1. The number of hydrogen-bond acceptors (Lipinski definition) is 3.